The minimum atomic E-state index is -0.978. The van der Waals surface area contributed by atoms with Crippen LogP contribution < -0.4 is 5.32 Å². The van der Waals surface area contributed by atoms with E-state index in [1.54, 1.807) is 18.2 Å². The summed E-state index contributed by atoms with van der Waals surface area (Å²) >= 11 is 1.41. The summed E-state index contributed by atoms with van der Waals surface area (Å²) in [4.78, 5) is 29.0. The minimum Gasteiger partial charge on any atom is -0.508 e. The Morgan fingerprint density at radius 1 is 1.10 bits per heavy atom. The molecule has 2 aromatic carbocycles. The molecule has 0 radical (unpaired) electrons. The number of hydrogen-bond donors (Lipinski definition) is 3. The number of thiazole rings is 1. The van der Waals surface area contributed by atoms with E-state index in [2.05, 4.69) is 10.3 Å². The van der Waals surface area contributed by atoms with Crippen molar-refractivity contribution < 1.29 is 19.8 Å². The van der Waals surface area contributed by atoms with Gasteiger partial charge < -0.3 is 15.5 Å². The van der Waals surface area contributed by atoms with Crippen LogP contribution in [0, 0.1) is 5.41 Å². The molecule has 29 heavy (non-hydrogen) atoms. The fourth-order valence-corrected chi connectivity index (χ4v) is 4.63. The van der Waals surface area contributed by atoms with Crippen molar-refractivity contribution in [3.8, 4) is 17.0 Å². The molecule has 1 heterocycles. The number of benzene rings is 2. The third-order valence-corrected chi connectivity index (χ3v) is 6.09. The Kier molecular flexibility index (Phi) is 5.07. The third-order valence-electron chi connectivity index (χ3n) is 5.24. The quantitative estimate of drug-likeness (QED) is 0.581. The Hall–Kier alpha value is -3.19. The zero-order valence-corrected chi connectivity index (χ0v) is 16.4. The van der Waals surface area contributed by atoms with Gasteiger partial charge in [-0.1, -0.05) is 36.4 Å². The standard InChI is InChI=1S/C22H20N2O4S/c25-17-7-3-6-14(8-17)18-13-29-19(24-18)12-23-21(28)22(11-20(26)27)9-15-4-1-2-5-16(15)10-22/h1-8,13,25H,9-12H2,(H,23,28)(H,26,27). The van der Waals surface area contributed by atoms with Crippen molar-refractivity contribution in [2.75, 3.05) is 0 Å². The average Bonchev–Trinajstić information content (AvgIpc) is 3.30. The van der Waals surface area contributed by atoms with E-state index in [0.717, 1.165) is 27.4 Å². The number of phenols is 1. The number of carboxylic acids is 1. The number of nitrogens with one attached hydrogen (secondary N) is 1. The van der Waals surface area contributed by atoms with Crippen LogP contribution in [-0.4, -0.2) is 27.1 Å². The Morgan fingerprint density at radius 3 is 2.48 bits per heavy atom. The molecule has 6 nitrogen and oxygen atoms in total. The number of nitrogens with zero attached hydrogens (tertiary/aromatic N) is 1. The number of aromatic hydroxyl groups is 1. The molecule has 3 N–H and O–H groups in total. The second-order valence-electron chi connectivity index (χ2n) is 7.33. The van der Waals surface area contributed by atoms with E-state index in [1.165, 1.54) is 11.3 Å². The number of phenolic OH excluding ortho intramolecular Hbond substituents is 1. The Bertz CT molecular complexity index is 1050. The number of amides is 1. The van der Waals surface area contributed by atoms with E-state index in [4.69, 9.17) is 0 Å². The first-order valence-electron chi connectivity index (χ1n) is 9.26. The van der Waals surface area contributed by atoms with Gasteiger partial charge in [0.1, 0.15) is 10.8 Å². The van der Waals surface area contributed by atoms with Gasteiger partial charge in [0.25, 0.3) is 0 Å². The number of fused-ring (bicyclic) bond motifs is 1. The van der Waals surface area contributed by atoms with Crippen molar-refractivity contribution in [3.63, 3.8) is 0 Å². The number of aromatic nitrogens is 1. The fraction of sp³-hybridized carbons (Fsp3) is 0.227. The molecular formula is C22H20N2O4S. The Balaban J connectivity index is 1.48. The molecule has 0 atom stereocenters. The highest BCUT2D eigenvalue weighted by Gasteiger charge is 2.45. The maximum atomic E-state index is 13.0. The number of aliphatic carboxylic acids is 1. The number of carboxylic acid groups (broad SMARTS) is 1. The minimum absolute atomic E-state index is 0.168. The van der Waals surface area contributed by atoms with E-state index in [0.29, 0.717) is 12.8 Å². The van der Waals surface area contributed by atoms with Crippen LogP contribution in [0.4, 0.5) is 0 Å². The van der Waals surface area contributed by atoms with Gasteiger partial charge in [-0.3, -0.25) is 9.59 Å². The van der Waals surface area contributed by atoms with Crippen molar-refractivity contribution in [2.24, 2.45) is 5.41 Å². The normalized spacial score (nSPS) is 14.3. The van der Waals surface area contributed by atoms with Gasteiger partial charge in [0.05, 0.1) is 24.1 Å². The molecule has 1 amide bonds. The fourth-order valence-electron chi connectivity index (χ4n) is 3.88. The number of hydrogen-bond acceptors (Lipinski definition) is 5. The molecule has 7 heteroatoms. The molecule has 1 aliphatic rings. The van der Waals surface area contributed by atoms with Crippen LogP contribution in [-0.2, 0) is 29.0 Å². The van der Waals surface area contributed by atoms with Gasteiger partial charge in [-0.25, -0.2) is 4.98 Å². The smallest absolute Gasteiger partial charge is 0.304 e. The van der Waals surface area contributed by atoms with E-state index in [1.807, 2.05) is 35.7 Å². The second kappa shape index (κ2) is 7.67. The molecule has 1 aliphatic carbocycles. The number of carbonyl (C=O) groups excluding carboxylic acids is 1. The lowest BCUT2D eigenvalue weighted by Crippen LogP contribution is -2.43. The van der Waals surface area contributed by atoms with Crippen molar-refractivity contribution in [3.05, 3.63) is 70.0 Å². The van der Waals surface area contributed by atoms with Crippen LogP contribution in [0.1, 0.15) is 22.6 Å². The van der Waals surface area contributed by atoms with E-state index < -0.39 is 11.4 Å². The predicted molar refractivity (Wildman–Crippen MR) is 110 cm³/mol. The molecule has 0 fully saturated rings. The highest BCUT2D eigenvalue weighted by atomic mass is 32.1. The van der Waals surface area contributed by atoms with Crippen molar-refractivity contribution in [1.82, 2.24) is 10.3 Å². The Labute approximate surface area is 171 Å². The van der Waals surface area contributed by atoms with E-state index >= 15 is 0 Å². The highest BCUT2D eigenvalue weighted by Crippen LogP contribution is 2.40. The largest absolute Gasteiger partial charge is 0.508 e. The summed E-state index contributed by atoms with van der Waals surface area (Å²) in [6.07, 6.45) is 0.640. The Morgan fingerprint density at radius 2 is 1.83 bits per heavy atom. The van der Waals surface area contributed by atoms with Crippen LogP contribution in [0.15, 0.2) is 53.9 Å². The molecular weight excluding hydrogens is 388 g/mol. The summed E-state index contributed by atoms with van der Waals surface area (Å²) < 4.78 is 0. The summed E-state index contributed by atoms with van der Waals surface area (Å²) in [6, 6.07) is 14.6. The molecule has 0 unspecified atom stereocenters. The molecule has 0 bridgehead atoms. The molecule has 3 aromatic rings. The van der Waals surface area contributed by atoms with Crippen molar-refractivity contribution >= 4 is 23.2 Å². The van der Waals surface area contributed by atoms with Crippen molar-refractivity contribution in [1.29, 1.82) is 0 Å². The van der Waals surface area contributed by atoms with Gasteiger partial charge in [-0.05, 0) is 36.1 Å². The van der Waals surface area contributed by atoms with Crippen LogP contribution in [0.5, 0.6) is 5.75 Å². The van der Waals surface area contributed by atoms with Crippen LogP contribution in [0.2, 0.25) is 0 Å². The molecule has 1 aromatic heterocycles. The lowest BCUT2D eigenvalue weighted by Gasteiger charge is -2.25. The number of carbonyl (C=O) groups is 2. The second-order valence-corrected chi connectivity index (χ2v) is 8.28. The molecule has 0 aliphatic heterocycles. The topological polar surface area (TPSA) is 99.5 Å². The first-order valence-corrected chi connectivity index (χ1v) is 10.1. The van der Waals surface area contributed by atoms with Gasteiger partial charge in [-0.2, -0.15) is 0 Å². The summed E-state index contributed by atoms with van der Waals surface area (Å²) in [5.41, 5.74) is 2.62. The third kappa shape index (κ3) is 4.00. The van der Waals surface area contributed by atoms with E-state index in [9.17, 15) is 19.8 Å². The summed E-state index contributed by atoms with van der Waals surface area (Å²) in [7, 11) is 0. The maximum absolute atomic E-state index is 13.0. The lowest BCUT2D eigenvalue weighted by atomic mass is 9.80. The first-order chi connectivity index (χ1) is 13.9. The summed E-state index contributed by atoms with van der Waals surface area (Å²) in [5, 5.41) is 24.5. The van der Waals surface area contributed by atoms with Gasteiger partial charge in [-0.15, -0.1) is 11.3 Å². The zero-order chi connectivity index (χ0) is 20.4. The van der Waals surface area contributed by atoms with Gasteiger partial charge in [0.15, 0.2) is 0 Å². The van der Waals surface area contributed by atoms with Gasteiger partial charge in [0.2, 0.25) is 5.91 Å². The molecule has 4 rings (SSSR count). The first kappa shape index (κ1) is 19.1. The van der Waals surface area contributed by atoms with Gasteiger partial charge in [0, 0.05) is 10.9 Å². The molecule has 0 saturated carbocycles. The van der Waals surface area contributed by atoms with E-state index in [-0.39, 0.29) is 24.6 Å². The van der Waals surface area contributed by atoms with Crippen LogP contribution in [0.25, 0.3) is 11.3 Å². The molecule has 0 saturated heterocycles. The predicted octanol–water partition coefficient (Wildman–Crippen LogP) is 3.39. The lowest BCUT2D eigenvalue weighted by molar-refractivity contribution is -0.145. The van der Waals surface area contributed by atoms with Crippen molar-refractivity contribution in [2.45, 2.75) is 25.8 Å². The van der Waals surface area contributed by atoms with Crippen LogP contribution in [0.3, 0.4) is 0 Å². The maximum Gasteiger partial charge on any atom is 0.304 e. The van der Waals surface area contributed by atoms with Crippen LogP contribution >= 0.6 is 11.3 Å². The molecule has 0 spiro atoms. The zero-order valence-electron chi connectivity index (χ0n) is 15.6. The SMILES string of the molecule is O=C(O)CC1(C(=O)NCc2nc(-c3cccc(O)c3)cs2)Cc2ccccc2C1. The summed E-state index contributed by atoms with van der Waals surface area (Å²) in [6.45, 7) is 0.236. The monoisotopic (exact) mass is 408 g/mol. The summed E-state index contributed by atoms with van der Waals surface area (Å²) in [5.74, 6) is -1.07. The van der Waals surface area contributed by atoms with Gasteiger partial charge >= 0.3 is 5.97 Å². The molecule has 148 valence electrons. The number of rotatable bonds is 6. The highest BCUT2D eigenvalue weighted by molar-refractivity contribution is 7.09. The average molecular weight is 408 g/mol.